The Bertz CT molecular complexity index is 1460. The van der Waals surface area contributed by atoms with Gasteiger partial charge in [-0.25, -0.2) is 28.4 Å². The van der Waals surface area contributed by atoms with Crippen LogP contribution in [0.15, 0.2) is 72.4 Å². The van der Waals surface area contributed by atoms with Gasteiger partial charge in [-0.3, -0.25) is 4.72 Å². The molecule has 2 aromatic heterocycles. The van der Waals surface area contributed by atoms with Crippen molar-refractivity contribution in [2.24, 2.45) is 0 Å². The van der Waals surface area contributed by atoms with Gasteiger partial charge in [-0.1, -0.05) is 53.6 Å². The first-order valence-electron chi connectivity index (χ1n) is 10.3. The Kier molecular flexibility index (Phi) is 7.23. The lowest BCUT2D eigenvalue weighted by Crippen LogP contribution is -2.13. The third kappa shape index (κ3) is 6.11. The van der Waals surface area contributed by atoms with Gasteiger partial charge in [-0.15, -0.1) is 0 Å². The van der Waals surface area contributed by atoms with Crippen molar-refractivity contribution in [2.45, 2.75) is 6.92 Å². The lowest BCUT2D eigenvalue weighted by Gasteiger charge is -2.15. The van der Waals surface area contributed by atoms with E-state index in [0.717, 1.165) is 11.0 Å². The fourth-order valence-corrected chi connectivity index (χ4v) is 3.95. The summed E-state index contributed by atoms with van der Waals surface area (Å²) >= 11 is 6.42. The lowest BCUT2D eigenvalue weighted by atomic mass is 10.2. The van der Waals surface area contributed by atoms with Crippen molar-refractivity contribution in [2.75, 3.05) is 11.8 Å². The number of hydrogen-bond donors (Lipinski definition) is 1. The third-order valence-corrected chi connectivity index (χ3v) is 5.86. The molecule has 0 aliphatic heterocycles. The maximum Gasteiger partial charge on any atom is 0.256 e. The molecule has 9 nitrogen and oxygen atoms in total. The number of hydrogen-bond acceptors (Lipinski definition) is 8. The predicted octanol–water partition coefficient (Wildman–Crippen LogP) is 5.11. The summed E-state index contributed by atoms with van der Waals surface area (Å²) in [6, 6.07) is 15.8. The van der Waals surface area contributed by atoms with Gasteiger partial charge in [-0.05, 0) is 36.8 Å². The second-order valence-electron chi connectivity index (χ2n) is 7.20. The van der Waals surface area contributed by atoms with E-state index in [9.17, 15) is 8.42 Å². The molecule has 0 aliphatic carbocycles. The molecule has 0 saturated carbocycles. The average Bonchev–Trinajstić information content (AvgIpc) is 2.86. The second kappa shape index (κ2) is 10.5. The van der Waals surface area contributed by atoms with Gasteiger partial charge in [0.2, 0.25) is 11.6 Å². The molecule has 0 amide bonds. The van der Waals surface area contributed by atoms with Crippen molar-refractivity contribution < 1.29 is 17.9 Å². The molecule has 4 rings (SSSR count). The number of benzene rings is 2. The largest absolute Gasteiger partial charge is 0.493 e. The molecule has 0 radical (unpaired) electrons. The number of aryl methyl sites for hydroxylation is 1. The van der Waals surface area contributed by atoms with Crippen molar-refractivity contribution in [1.82, 2.24) is 19.9 Å². The van der Waals surface area contributed by atoms with E-state index in [0.29, 0.717) is 17.1 Å². The van der Waals surface area contributed by atoms with Gasteiger partial charge in [-0.2, -0.15) is 0 Å². The van der Waals surface area contributed by atoms with Gasteiger partial charge in [0, 0.05) is 12.4 Å². The van der Waals surface area contributed by atoms with Crippen molar-refractivity contribution in [3.8, 4) is 28.9 Å². The Morgan fingerprint density at radius 3 is 2.29 bits per heavy atom. The van der Waals surface area contributed by atoms with Crippen LogP contribution in [0.25, 0.3) is 17.7 Å². The molecule has 0 fully saturated rings. The number of aromatic nitrogens is 4. The van der Waals surface area contributed by atoms with Crippen molar-refractivity contribution in [3.63, 3.8) is 0 Å². The summed E-state index contributed by atoms with van der Waals surface area (Å²) in [5, 5.41) is 0.882. The summed E-state index contributed by atoms with van der Waals surface area (Å²) in [5.74, 6) is 0.583. The molecule has 1 N–H and O–H groups in total. The van der Waals surface area contributed by atoms with Crippen LogP contribution in [0.3, 0.4) is 0 Å². The van der Waals surface area contributed by atoms with Crippen molar-refractivity contribution in [3.05, 3.63) is 88.7 Å². The van der Waals surface area contributed by atoms with Crippen LogP contribution in [0.1, 0.15) is 11.1 Å². The lowest BCUT2D eigenvalue weighted by molar-refractivity contribution is 0.378. The van der Waals surface area contributed by atoms with E-state index in [1.807, 2.05) is 31.2 Å². The monoisotopic (exact) mass is 509 g/mol. The SMILES string of the molecule is COc1ccccc1Oc1c(Cl)nc(-c2ncccn2)nc1NS(=O)(=O)C=Cc1ccc(C)cc1. The zero-order chi connectivity index (χ0) is 24.8. The van der Waals surface area contributed by atoms with Crippen LogP contribution < -0.4 is 14.2 Å². The van der Waals surface area contributed by atoms with E-state index in [1.165, 1.54) is 25.6 Å². The first-order valence-corrected chi connectivity index (χ1v) is 12.2. The topological polar surface area (TPSA) is 116 Å². The molecular formula is C24H20ClN5O4S. The summed E-state index contributed by atoms with van der Waals surface area (Å²) in [6.07, 6.45) is 4.48. The zero-order valence-electron chi connectivity index (χ0n) is 18.7. The molecule has 0 atom stereocenters. The molecule has 35 heavy (non-hydrogen) atoms. The van der Waals surface area contributed by atoms with Gasteiger partial charge >= 0.3 is 0 Å². The maximum absolute atomic E-state index is 12.9. The standard InChI is InChI=1S/C24H20ClN5O4S/c1-16-8-10-17(11-9-16)12-15-35(31,32)30-22-20(34-19-7-4-3-6-18(19)33-2)21(25)28-24(29-22)23-26-13-5-14-27-23/h3-15H,1-2H3,(H,28,29,30). The van der Waals surface area contributed by atoms with Crippen LogP contribution in [0, 0.1) is 6.92 Å². The Balaban J connectivity index is 1.74. The van der Waals surface area contributed by atoms with E-state index in [2.05, 4.69) is 24.7 Å². The highest BCUT2D eigenvalue weighted by molar-refractivity contribution is 7.95. The summed E-state index contributed by atoms with van der Waals surface area (Å²) in [7, 11) is -2.54. The van der Waals surface area contributed by atoms with Gasteiger partial charge in [0.1, 0.15) is 0 Å². The van der Waals surface area contributed by atoms with Gasteiger partial charge < -0.3 is 9.47 Å². The van der Waals surface area contributed by atoms with Crippen LogP contribution in [-0.4, -0.2) is 35.5 Å². The van der Waals surface area contributed by atoms with Crippen molar-refractivity contribution >= 4 is 33.5 Å². The molecule has 0 aliphatic rings. The van der Waals surface area contributed by atoms with E-state index in [1.54, 1.807) is 30.3 Å². The van der Waals surface area contributed by atoms with Gasteiger partial charge in [0.05, 0.1) is 12.5 Å². The molecular weight excluding hydrogens is 490 g/mol. The zero-order valence-corrected chi connectivity index (χ0v) is 20.3. The number of nitrogens with one attached hydrogen (secondary N) is 1. The summed E-state index contributed by atoms with van der Waals surface area (Å²) in [4.78, 5) is 16.7. The quantitative estimate of drug-likeness (QED) is 0.326. The third-order valence-electron chi connectivity index (χ3n) is 4.63. The molecule has 0 unspecified atom stereocenters. The van der Waals surface area contributed by atoms with Crippen LogP contribution in [0.5, 0.6) is 17.2 Å². The van der Waals surface area contributed by atoms with Gasteiger partial charge in [0.15, 0.2) is 28.3 Å². The van der Waals surface area contributed by atoms with E-state index < -0.39 is 10.0 Å². The Morgan fingerprint density at radius 1 is 0.914 bits per heavy atom. The summed E-state index contributed by atoms with van der Waals surface area (Å²) < 4.78 is 39.4. The molecule has 0 saturated heterocycles. The fraction of sp³-hybridized carbons (Fsp3) is 0.0833. The summed E-state index contributed by atoms with van der Waals surface area (Å²) in [6.45, 7) is 1.95. The number of sulfonamides is 1. The second-order valence-corrected chi connectivity index (χ2v) is 9.13. The molecule has 178 valence electrons. The van der Waals surface area contributed by atoms with E-state index in [4.69, 9.17) is 21.1 Å². The number of nitrogens with zero attached hydrogens (tertiary/aromatic N) is 4. The van der Waals surface area contributed by atoms with Crippen LogP contribution in [0.4, 0.5) is 5.82 Å². The number of rotatable bonds is 8. The average molecular weight is 510 g/mol. The number of ether oxygens (including phenoxy) is 2. The number of methoxy groups -OCH3 is 1. The highest BCUT2D eigenvalue weighted by Crippen LogP contribution is 2.39. The Hall–Kier alpha value is -4.02. The fourth-order valence-electron chi connectivity index (χ4n) is 2.92. The number of para-hydroxylation sites is 2. The van der Waals surface area contributed by atoms with Crippen LogP contribution in [0.2, 0.25) is 5.15 Å². The number of halogens is 1. The van der Waals surface area contributed by atoms with Gasteiger partial charge in [0.25, 0.3) is 10.0 Å². The van der Waals surface area contributed by atoms with Crippen LogP contribution >= 0.6 is 11.6 Å². The molecule has 0 bridgehead atoms. The molecule has 0 spiro atoms. The normalized spacial score (nSPS) is 11.4. The molecule has 4 aromatic rings. The first-order chi connectivity index (χ1) is 16.8. The molecule has 11 heteroatoms. The highest BCUT2D eigenvalue weighted by Gasteiger charge is 2.22. The minimum atomic E-state index is -4.02. The maximum atomic E-state index is 12.9. The Morgan fingerprint density at radius 2 is 1.60 bits per heavy atom. The predicted molar refractivity (Wildman–Crippen MR) is 134 cm³/mol. The number of anilines is 1. The summed E-state index contributed by atoms with van der Waals surface area (Å²) in [5.41, 5.74) is 1.78. The first kappa shape index (κ1) is 24.1. The Labute approximate surface area is 207 Å². The minimum Gasteiger partial charge on any atom is -0.493 e. The van der Waals surface area contributed by atoms with E-state index in [-0.39, 0.29) is 28.4 Å². The minimum absolute atomic E-state index is 0.0168. The van der Waals surface area contributed by atoms with Crippen molar-refractivity contribution in [1.29, 1.82) is 0 Å². The molecule has 2 heterocycles. The van der Waals surface area contributed by atoms with Crippen LogP contribution in [-0.2, 0) is 10.0 Å². The van der Waals surface area contributed by atoms with E-state index >= 15 is 0 Å². The molecule has 2 aromatic carbocycles. The highest BCUT2D eigenvalue weighted by atomic mass is 35.5. The smallest absolute Gasteiger partial charge is 0.256 e.